The molecule has 7 heteroatoms. The summed E-state index contributed by atoms with van der Waals surface area (Å²) in [5.41, 5.74) is 1.42. The third kappa shape index (κ3) is 2.81. The largest absolute Gasteiger partial charge is 0.323 e. The van der Waals surface area contributed by atoms with Crippen LogP contribution in [-0.2, 0) is 15.7 Å². The molecule has 1 fully saturated rings. The van der Waals surface area contributed by atoms with Crippen molar-refractivity contribution in [3.63, 3.8) is 0 Å². The van der Waals surface area contributed by atoms with Crippen molar-refractivity contribution in [2.75, 3.05) is 17.8 Å². The second-order valence-corrected chi connectivity index (χ2v) is 8.70. The highest BCUT2D eigenvalue weighted by atomic mass is 35.5. The predicted molar refractivity (Wildman–Crippen MR) is 88.0 cm³/mol. The molecule has 0 aliphatic carbocycles. The first-order valence-corrected chi connectivity index (χ1v) is 10.4. The SMILES string of the molecule is CS(=O)(=O)c1cccc2c1nc(CCl)n2C1CCCSC1. The van der Waals surface area contributed by atoms with Gasteiger partial charge in [0.25, 0.3) is 0 Å². The van der Waals surface area contributed by atoms with Crippen LogP contribution in [0.15, 0.2) is 23.1 Å². The molecule has 1 aliphatic rings. The lowest BCUT2D eigenvalue weighted by molar-refractivity contribution is 0.499. The molecule has 1 aromatic carbocycles. The number of halogens is 1. The smallest absolute Gasteiger partial charge is 0.177 e. The van der Waals surface area contributed by atoms with Gasteiger partial charge in [-0.25, -0.2) is 13.4 Å². The number of thioether (sulfide) groups is 1. The highest BCUT2D eigenvalue weighted by Crippen LogP contribution is 2.33. The van der Waals surface area contributed by atoms with Gasteiger partial charge in [-0.3, -0.25) is 0 Å². The van der Waals surface area contributed by atoms with Gasteiger partial charge in [0.05, 0.1) is 16.3 Å². The Morgan fingerprint density at radius 3 is 2.90 bits per heavy atom. The lowest BCUT2D eigenvalue weighted by Gasteiger charge is -2.25. The van der Waals surface area contributed by atoms with E-state index in [0.717, 1.165) is 23.5 Å². The number of aromatic nitrogens is 2. The molecule has 21 heavy (non-hydrogen) atoms. The summed E-state index contributed by atoms with van der Waals surface area (Å²) in [5, 5.41) is 0. The Labute approximate surface area is 133 Å². The minimum atomic E-state index is -3.30. The lowest BCUT2D eigenvalue weighted by Crippen LogP contribution is -2.18. The maximum atomic E-state index is 11.9. The first-order valence-electron chi connectivity index (χ1n) is 6.86. The summed E-state index contributed by atoms with van der Waals surface area (Å²) in [7, 11) is -3.30. The van der Waals surface area contributed by atoms with Crippen molar-refractivity contribution in [3.8, 4) is 0 Å². The number of hydrogen-bond donors (Lipinski definition) is 0. The predicted octanol–water partition coefficient (Wildman–Crippen LogP) is 3.25. The molecule has 2 aromatic rings. The zero-order chi connectivity index (χ0) is 15.0. The second-order valence-electron chi connectivity index (χ2n) is 5.30. The molecule has 3 rings (SSSR count). The minimum absolute atomic E-state index is 0.286. The molecule has 2 heterocycles. The number of hydrogen-bond acceptors (Lipinski definition) is 4. The number of para-hydroxylation sites is 1. The Morgan fingerprint density at radius 1 is 1.48 bits per heavy atom. The molecule has 1 unspecified atom stereocenters. The highest BCUT2D eigenvalue weighted by molar-refractivity contribution is 7.99. The van der Waals surface area contributed by atoms with Crippen molar-refractivity contribution >= 4 is 44.2 Å². The fourth-order valence-electron chi connectivity index (χ4n) is 2.87. The van der Waals surface area contributed by atoms with Crippen molar-refractivity contribution in [2.24, 2.45) is 0 Å². The van der Waals surface area contributed by atoms with E-state index in [0.29, 0.717) is 17.4 Å². The van der Waals surface area contributed by atoms with Gasteiger partial charge in [-0.1, -0.05) is 6.07 Å². The maximum absolute atomic E-state index is 11.9. The van der Waals surface area contributed by atoms with E-state index in [2.05, 4.69) is 9.55 Å². The molecule has 1 atom stereocenters. The lowest BCUT2D eigenvalue weighted by atomic mass is 10.1. The first-order chi connectivity index (χ1) is 10.0. The number of fused-ring (bicyclic) bond motifs is 1. The van der Waals surface area contributed by atoms with Crippen LogP contribution >= 0.6 is 23.4 Å². The van der Waals surface area contributed by atoms with Crippen LogP contribution in [0.2, 0.25) is 0 Å². The molecule has 0 bridgehead atoms. The fourth-order valence-corrected chi connectivity index (χ4v) is 5.01. The van der Waals surface area contributed by atoms with E-state index < -0.39 is 9.84 Å². The zero-order valence-corrected chi connectivity index (χ0v) is 14.1. The topological polar surface area (TPSA) is 52.0 Å². The second kappa shape index (κ2) is 5.82. The van der Waals surface area contributed by atoms with Gasteiger partial charge in [-0.05, 0) is 30.7 Å². The van der Waals surface area contributed by atoms with E-state index in [4.69, 9.17) is 11.6 Å². The van der Waals surface area contributed by atoms with Crippen LogP contribution in [-0.4, -0.2) is 35.7 Å². The van der Waals surface area contributed by atoms with Crippen LogP contribution in [0, 0.1) is 0 Å². The average molecular weight is 345 g/mol. The van der Waals surface area contributed by atoms with Gasteiger partial charge in [0.2, 0.25) is 0 Å². The molecule has 1 aliphatic heterocycles. The molecule has 0 saturated carbocycles. The van der Waals surface area contributed by atoms with Crippen LogP contribution < -0.4 is 0 Å². The van der Waals surface area contributed by atoms with E-state index in [1.54, 1.807) is 12.1 Å². The van der Waals surface area contributed by atoms with Gasteiger partial charge < -0.3 is 4.57 Å². The van der Waals surface area contributed by atoms with Gasteiger partial charge in [0.15, 0.2) is 9.84 Å². The van der Waals surface area contributed by atoms with Crippen molar-refractivity contribution in [2.45, 2.75) is 29.7 Å². The molecule has 0 N–H and O–H groups in total. The summed E-state index contributed by atoms with van der Waals surface area (Å²) in [5.74, 6) is 3.26. The molecule has 0 spiro atoms. The molecule has 0 amide bonds. The average Bonchev–Trinajstić information content (AvgIpc) is 2.85. The highest BCUT2D eigenvalue weighted by Gasteiger charge is 2.24. The standard InChI is InChI=1S/C14H17ClN2O2S2/c1-21(18,19)12-6-2-5-11-14(12)16-13(8-15)17(11)10-4-3-7-20-9-10/h2,5-6,10H,3-4,7-9H2,1H3. The van der Waals surface area contributed by atoms with E-state index >= 15 is 0 Å². The first kappa shape index (κ1) is 15.2. The Hall–Kier alpha value is -0.720. The summed E-state index contributed by atoms with van der Waals surface area (Å²) in [6.45, 7) is 0. The minimum Gasteiger partial charge on any atom is -0.323 e. The normalized spacial score (nSPS) is 20.0. The Kier molecular flexibility index (Phi) is 4.21. The van der Waals surface area contributed by atoms with E-state index in [1.807, 2.05) is 17.8 Å². The summed E-state index contributed by atoms with van der Waals surface area (Å²) in [6, 6.07) is 5.68. The van der Waals surface area contributed by atoms with E-state index in [9.17, 15) is 8.42 Å². The number of benzene rings is 1. The molecule has 1 aromatic heterocycles. The Morgan fingerprint density at radius 2 is 2.29 bits per heavy atom. The van der Waals surface area contributed by atoms with Gasteiger partial charge in [0, 0.05) is 18.1 Å². The van der Waals surface area contributed by atoms with E-state index in [1.165, 1.54) is 18.4 Å². The third-order valence-corrected chi connectivity index (χ3v) is 6.34. The van der Waals surface area contributed by atoms with Gasteiger partial charge in [-0.15, -0.1) is 11.6 Å². The van der Waals surface area contributed by atoms with Crippen molar-refractivity contribution in [1.82, 2.24) is 9.55 Å². The summed E-state index contributed by atoms with van der Waals surface area (Å²) < 4.78 is 26.0. The summed E-state index contributed by atoms with van der Waals surface area (Å²) in [6.07, 6.45) is 3.48. The van der Waals surface area contributed by atoms with Gasteiger partial charge >= 0.3 is 0 Å². The number of nitrogens with zero attached hydrogens (tertiary/aromatic N) is 2. The Bertz CT molecular complexity index is 765. The van der Waals surface area contributed by atoms with Crippen molar-refractivity contribution < 1.29 is 8.42 Å². The quantitative estimate of drug-likeness (QED) is 0.802. The van der Waals surface area contributed by atoms with Crippen LogP contribution in [0.5, 0.6) is 0 Å². The summed E-state index contributed by atoms with van der Waals surface area (Å²) in [4.78, 5) is 4.80. The van der Waals surface area contributed by atoms with E-state index in [-0.39, 0.29) is 4.90 Å². The summed E-state index contributed by atoms with van der Waals surface area (Å²) >= 11 is 7.98. The molecule has 1 saturated heterocycles. The Balaban J connectivity index is 2.24. The number of alkyl halides is 1. The van der Waals surface area contributed by atoms with Crippen LogP contribution in [0.4, 0.5) is 0 Å². The zero-order valence-electron chi connectivity index (χ0n) is 11.8. The van der Waals surface area contributed by atoms with Crippen LogP contribution in [0.25, 0.3) is 11.0 Å². The van der Waals surface area contributed by atoms with Gasteiger partial charge in [-0.2, -0.15) is 11.8 Å². The van der Waals surface area contributed by atoms with Gasteiger partial charge in [0.1, 0.15) is 11.3 Å². The molecular weight excluding hydrogens is 328 g/mol. The number of imidazole rings is 1. The third-order valence-electron chi connectivity index (χ3n) is 3.78. The van der Waals surface area contributed by atoms with Crippen LogP contribution in [0.3, 0.4) is 0 Å². The van der Waals surface area contributed by atoms with Crippen molar-refractivity contribution in [3.05, 3.63) is 24.0 Å². The molecular formula is C14H17ClN2O2S2. The van der Waals surface area contributed by atoms with Crippen LogP contribution in [0.1, 0.15) is 24.7 Å². The maximum Gasteiger partial charge on any atom is 0.177 e. The number of sulfone groups is 1. The molecule has 0 radical (unpaired) electrons. The molecule has 114 valence electrons. The fraction of sp³-hybridized carbons (Fsp3) is 0.500. The number of rotatable bonds is 3. The van der Waals surface area contributed by atoms with Crippen molar-refractivity contribution in [1.29, 1.82) is 0 Å². The molecule has 4 nitrogen and oxygen atoms in total. The monoisotopic (exact) mass is 344 g/mol.